The van der Waals surface area contributed by atoms with Crippen molar-refractivity contribution < 1.29 is 9.13 Å². The summed E-state index contributed by atoms with van der Waals surface area (Å²) < 4.78 is 20.7. The fourth-order valence-electron chi connectivity index (χ4n) is 6.42. The third-order valence-electron chi connectivity index (χ3n) is 8.34. The monoisotopic (exact) mass is 436 g/mol. The first-order valence-corrected chi connectivity index (χ1v) is 13.1. The molecule has 0 atom stereocenters. The summed E-state index contributed by atoms with van der Waals surface area (Å²) in [5, 5.41) is 1.61. The molecule has 1 nitrogen and oxygen atoms in total. The number of benzene rings is 2. The third-order valence-corrected chi connectivity index (χ3v) is 8.34. The first-order chi connectivity index (χ1) is 15.7. The molecule has 4 rings (SSSR count). The van der Waals surface area contributed by atoms with Gasteiger partial charge in [0.25, 0.3) is 0 Å². The molecule has 32 heavy (non-hydrogen) atoms. The fourth-order valence-corrected chi connectivity index (χ4v) is 6.42. The van der Waals surface area contributed by atoms with Crippen molar-refractivity contribution in [1.29, 1.82) is 0 Å². The van der Waals surface area contributed by atoms with Crippen LogP contribution in [0.15, 0.2) is 43.0 Å². The van der Waals surface area contributed by atoms with Gasteiger partial charge in [0.2, 0.25) is 0 Å². The summed E-state index contributed by atoms with van der Waals surface area (Å²) in [6.45, 7) is 6.47. The van der Waals surface area contributed by atoms with Crippen molar-refractivity contribution in [2.75, 3.05) is 6.61 Å². The molecule has 2 aromatic rings. The molecule has 174 valence electrons. The van der Waals surface area contributed by atoms with Crippen molar-refractivity contribution in [3.63, 3.8) is 0 Å². The Morgan fingerprint density at radius 2 is 1.56 bits per heavy atom. The number of hydrogen-bond acceptors (Lipinski definition) is 1. The van der Waals surface area contributed by atoms with Crippen LogP contribution in [0.4, 0.5) is 4.39 Å². The second kappa shape index (κ2) is 11.3. The van der Waals surface area contributed by atoms with Gasteiger partial charge in [-0.15, -0.1) is 0 Å². The molecule has 0 aromatic heterocycles. The summed E-state index contributed by atoms with van der Waals surface area (Å²) in [5.74, 6) is 4.45. The molecule has 0 bridgehead atoms. The minimum Gasteiger partial charge on any atom is -0.490 e. The highest BCUT2D eigenvalue weighted by Gasteiger charge is 2.30. The van der Waals surface area contributed by atoms with E-state index in [1.54, 1.807) is 6.08 Å². The van der Waals surface area contributed by atoms with Gasteiger partial charge in [-0.3, -0.25) is 0 Å². The van der Waals surface area contributed by atoms with Crippen LogP contribution in [-0.2, 0) is 6.42 Å². The molecule has 2 aromatic carbocycles. The predicted octanol–water partition coefficient (Wildman–Crippen LogP) is 8.89. The molecule has 2 fully saturated rings. The van der Waals surface area contributed by atoms with Crippen LogP contribution in [0, 0.1) is 29.5 Å². The van der Waals surface area contributed by atoms with Crippen LogP contribution < -0.4 is 4.74 Å². The van der Waals surface area contributed by atoms with Crippen LogP contribution in [0.5, 0.6) is 5.75 Å². The summed E-state index contributed by atoms with van der Waals surface area (Å²) in [4.78, 5) is 0. The highest BCUT2D eigenvalue weighted by molar-refractivity contribution is 5.85. The predicted molar refractivity (Wildman–Crippen MR) is 134 cm³/mol. The Hall–Kier alpha value is -1.83. The van der Waals surface area contributed by atoms with Crippen molar-refractivity contribution in [3.8, 4) is 5.75 Å². The molecule has 2 aliphatic rings. The van der Waals surface area contributed by atoms with Gasteiger partial charge in [0, 0.05) is 5.39 Å². The number of aryl methyl sites for hydroxylation is 1. The maximum atomic E-state index is 15.1. The Balaban J connectivity index is 1.26. The van der Waals surface area contributed by atoms with Crippen LogP contribution in [-0.4, -0.2) is 6.61 Å². The topological polar surface area (TPSA) is 9.23 Å². The Kier molecular flexibility index (Phi) is 8.27. The average Bonchev–Trinajstić information content (AvgIpc) is 2.83. The number of ether oxygens (including phenoxy) is 1. The van der Waals surface area contributed by atoms with E-state index in [0.717, 1.165) is 53.2 Å². The Morgan fingerprint density at radius 1 is 0.906 bits per heavy atom. The van der Waals surface area contributed by atoms with E-state index in [1.165, 1.54) is 64.2 Å². The zero-order valence-corrected chi connectivity index (χ0v) is 20.0. The van der Waals surface area contributed by atoms with Gasteiger partial charge in [0.05, 0.1) is 0 Å². The Bertz CT molecular complexity index is 872. The van der Waals surface area contributed by atoms with Crippen LogP contribution >= 0.6 is 0 Å². The van der Waals surface area contributed by atoms with Crippen LogP contribution in [0.3, 0.4) is 0 Å². The lowest BCUT2D eigenvalue weighted by molar-refractivity contribution is 0.141. The first kappa shape index (κ1) is 23.3. The molecule has 2 aliphatic carbocycles. The van der Waals surface area contributed by atoms with E-state index in [2.05, 4.69) is 13.5 Å². The van der Waals surface area contributed by atoms with Gasteiger partial charge in [-0.1, -0.05) is 70.2 Å². The lowest BCUT2D eigenvalue weighted by Crippen LogP contribution is -2.26. The summed E-state index contributed by atoms with van der Waals surface area (Å²) in [5.41, 5.74) is 0.869. The van der Waals surface area contributed by atoms with E-state index >= 15 is 4.39 Å². The van der Waals surface area contributed by atoms with Crippen LogP contribution in [0.2, 0.25) is 0 Å². The second-order valence-corrected chi connectivity index (χ2v) is 10.4. The largest absolute Gasteiger partial charge is 0.490 e. The van der Waals surface area contributed by atoms with Crippen molar-refractivity contribution in [3.05, 3.63) is 54.4 Å². The maximum absolute atomic E-state index is 15.1. The normalized spacial score (nSPS) is 26.2. The minimum atomic E-state index is -0.0460. The van der Waals surface area contributed by atoms with Crippen molar-refractivity contribution in [2.24, 2.45) is 23.7 Å². The first-order valence-electron chi connectivity index (χ1n) is 13.1. The lowest BCUT2D eigenvalue weighted by Gasteiger charge is -2.38. The number of halogens is 1. The second-order valence-electron chi connectivity index (χ2n) is 10.4. The molecule has 0 heterocycles. The molecule has 0 spiro atoms. The molecule has 0 saturated heterocycles. The molecular weight excluding hydrogens is 395 g/mol. The van der Waals surface area contributed by atoms with E-state index in [9.17, 15) is 0 Å². The van der Waals surface area contributed by atoms with E-state index < -0.39 is 0 Å². The highest BCUT2D eigenvalue weighted by Crippen LogP contribution is 2.43. The molecule has 0 radical (unpaired) electrons. The third kappa shape index (κ3) is 5.74. The summed E-state index contributed by atoms with van der Waals surface area (Å²) in [7, 11) is 0. The quantitative estimate of drug-likeness (QED) is 0.357. The molecule has 0 unspecified atom stereocenters. The van der Waals surface area contributed by atoms with Gasteiger partial charge in [0.1, 0.15) is 18.2 Å². The Labute approximate surface area is 194 Å². The van der Waals surface area contributed by atoms with Gasteiger partial charge in [-0.25, -0.2) is 4.39 Å². The number of fused-ring (bicyclic) bond motifs is 1. The zero-order valence-electron chi connectivity index (χ0n) is 20.0. The highest BCUT2D eigenvalue weighted by atomic mass is 19.1. The SMILES string of the molecule is C=CCOc1ccc2c(F)c(CCC3CCC(C4CCC(CCC)CC4)CC3)ccc2c1. The van der Waals surface area contributed by atoms with Crippen LogP contribution in [0.25, 0.3) is 10.8 Å². The van der Waals surface area contributed by atoms with E-state index in [0.29, 0.717) is 12.0 Å². The Morgan fingerprint density at radius 3 is 2.19 bits per heavy atom. The van der Waals surface area contributed by atoms with Gasteiger partial charge in [-0.2, -0.15) is 0 Å². The number of hydrogen-bond donors (Lipinski definition) is 0. The molecule has 0 amide bonds. The van der Waals surface area contributed by atoms with Crippen molar-refractivity contribution in [1.82, 2.24) is 0 Å². The van der Waals surface area contributed by atoms with Crippen molar-refractivity contribution >= 4 is 10.8 Å². The summed E-state index contributed by atoms with van der Waals surface area (Å²) in [6, 6.07) is 9.65. The molecule has 2 heteroatoms. The van der Waals surface area contributed by atoms with Gasteiger partial charge in [0.15, 0.2) is 0 Å². The summed E-state index contributed by atoms with van der Waals surface area (Å²) >= 11 is 0. The van der Waals surface area contributed by atoms with Gasteiger partial charge in [-0.05, 0) is 91.3 Å². The molecular formula is C30H41FO. The van der Waals surface area contributed by atoms with Gasteiger partial charge >= 0.3 is 0 Å². The summed E-state index contributed by atoms with van der Waals surface area (Å²) in [6.07, 6.45) is 17.9. The fraction of sp³-hybridized carbons (Fsp3) is 0.600. The standard InChI is InChI=1S/C30H41FO/c1-3-5-22-6-11-24(12-7-22)25-13-8-23(9-14-25)10-15-26-16-17-27-21-28(32-20-4-2)18-19-29(27)30(26)31/h4,16-19,21-25H,2-3,5-15,20H2,1H3. The number of rotatable bonds is 9. The molecule has 0 aliphatic heterocycles. The van der Waals surface area contributed by atoms with Crippen molar-refractivity contribution in [2.45, 2.75) is 84.0 Å². The van der Waals surface area contributed by atoms with E-state index in [-0.39, 0.29) is 5.82 Å². The lowest BCUT2D eigenvalue weighted by atomic mass is 9.68. The zero-order chi connectivity index (χ0) is 22.3. The molecule has 0 N–H and O–H groups in total. The van der Waals surface area contributed by atoms with Gasteiger partial charge < -0.3 is 4.74 Å². The molecule has 2 saturated carbocycles. The van der Waals surface area contributed by atoms with E-state index in [1.807, 2.05) is 30.3 Å². The minimum absolute atomic E-state index is 0.0460. The maximum Gasteiger partial charge on any atom is 0.134 e. The average molecular weight is 437 g/mol. The van der Waals surface area contributed by atoms with E-state index in [4.69, 9.17) is 4.74 Å². The smallest absolute Gasteiger partial charge is 0.134 e. The van der Waals surface area contributed by atoms with Crippen LogP contribution in [0.1, 0.15) is 83.1 Å².